The van der Waals surface area contributed by atoms with Crippen LogP contribution in [0.3, 0.4) is 0 Å². The van der Waals surface area contributed by atoms with Gasteiger partial charge in [-0.2, -0.15) is 0 Å². The van der Waals surface area contributed by atoms with E-state index in [-0.39, 0.29) is 15.5 Å². The number of benzene rings is 3. The van der Waals surface area contributed by atoms with E-state index in [0.29, 0.717) is 35.8 Å². The zero-order valence-electron chi connectivity index (χ0n) is 17.2. The minimum Gasteiger partial charge on any atom is -0.497 e. The molecule has 4 rings (SSSR count). The molecule has 1 aliphatic heterocycles. The number of nitrogens with one attached hydrogen (secondary N) is 1. The number of aryl methyl sites for hydroxylation is 1. The number of hydrogen-bond donors (Lipinski definition) is 1. The maximum atomic E-state index is 13.3. The van der Waals surface area contributed by atoms with Gasteiger partial charge in [-0.1, -0.05) is 23.7 Å². The molecule has 7 nitrogen and oxygen atoms in total. The minimum atomic E-state index is -3.89. The van der Waals surface area contributed by atoms with Gasteiger partial charge < -0.3 is 4.74 Å². The van der Waals surface area contributed by atoms with Crippen LogP contribution in [0.5, 0.6) is 5.75 Å². The van der Waals surface area contributed by atoms with E-state index in [1.807, 2.05) is 0 Å². The molecule has 3 aromatic carbocycles. The predicted octanol–water partition coefficient (Wildman–Crippen LogP) is 4.29. The maximum Gasteiger partial charge on any atom is 0.264 e. The fraction of sp³-hybridized carbons (Fsp3) is 0.182. The molecule has 1 heterocycles. The third-order valence-corrected chi connectivity index (χ3v) is 8.61. The lowest BCUT2D eigenvalue weighted by molar-refractivity contribution is 0.414. The molecule has 1 N–H and O–H groups in total. The standard InChI is InChI=1S/C22H21ClN2O5S2/c1-30-19-9-11-20(12-10-19)32(28,29)25-13-3-4-16-7-8-18(15-22(16)25)24-31(26,27)21-6-2-5-17(23)14-21/h2,5-12,14-15,24H,3-4,13H2,1H3. The third kappa shape index (κ3) is 4.41. The van der Waals surface area contributed by atoms with Crippen molar-refractivity contribution in [3.05, 3.63) is 77.3 Å². The Morgan fingerprint density at radius 3 is 2.38 bits per heavy atom. The zero-order valence-corrected chi connectivity index (χ0v) is 19.5. The summed E-state index contributed by atoms with van der Waals surface area (Å²) in [5.74, 6) is 0.556. The highest BCUT2D eigenvalue weighted by atomic mass is 35.5. The fourth-order valence-electron chi connectivity index (χ4n) is 3.58. The summed E-state index contributed by atoms with van der Waals surface area (Å²) in [4.78, 5) is 0.154. The Labute approximate surface area is 192 Å². The predicted molar refractivity (Wildman–Crippen MR) is 125 cm³/mol. The number of methoxy groups -OCH3 is 1. The third-order valence-electron chi connectivity index (χ3n) is 5.17. The van der Waals surface area contributed by atoms with Gasteiger partial charge in [0.2, 0.25) is 0 Å². The first-order valence-corrected chi connectivity index (χ1v) is 13.1. The quantitative estimate of drug-likeness (QED) is 0.554. The summed E-state index contributed by atoms with van der Waals surface area (Å²) in [7, 11) is -6.22. The molecule has 0 unspecified atom stereocenters. The Balaban J connectivity index is 1.69. The molecular formula is C22H21ClN2O5S2. The Bertz CT molecular complexity index is 1360. The Morgan fingerprint density at radius 1 is 0.938 bits per heavy atom. The molecule has 0 atom stereocenters. The number of nitrogens with zero attached hydrogens (tertiary/aromatic N) is 1. The van der Waals surface area contributed by atoms with Crippen molar-refractivity contribution in [3.63, 3.8) is 0 Å². The second-order valence-electron chi connectivity index (χ2n) is 7.26. The fourth-order valence-corrected chi connectivity index (χ4v) is 6.46. The molecule has 0 aromatic heterocycles. The van der Waals surface area contributed by atoms with Gasteiger partial charge >= 0.3 is 0 Å². The second kappa shape index (κ2) is 8.65. The number of sulfonamides is 2. The van der Waals surface area contributed by atoms with Crippen molar-refractivity contribution in [3.8, 4) is 5.75 Å². The molecule has 0 aliphatic carbocycles. The summed E-state index contributed by atoms with van der Waals surface area (Å²) in [6.07, 6.45) is 1.36. The summed E-state index contributed by atoms with van der Waals surface area (Å²) in [6.45, 7) is 0.297. The van der Waals surface area contributed by atoms with E-state index in [0.717, 1.165) is 5.56 Å². The highest BCUT2D eigenvalue weighted by Gasteiger charge is 2.29. The van der Waals surface area contributed by atoms with Gasteiger partial charge in [0.25, 0.3) is 20.0 Å². The number of fused-ring (bicyclic) bond motifs is 1. The molecule has 168 valence electrons. The van der Waals surface area contributed by atoms with E-state index in [4.69, 9.17) is 16.3 Å². The molecule has 0 saturated heterocycles. The van der Waals surface area contributed by atoms with Crippen LogP contribution in [0.2, 0.25) is 5.02 Å². The molecule has 1 aliphatic rings. The lowest BCUT2D eigenvalue weighted by atomic mass is 10.0. The molecule has 32 heavy (non-hydrogen) atoms. The van der Waals surface area contributed by atoms with Gasteiger partial charge in [-0.15, -0.1) is 0 Å². The largest absolute Gasteiger partial charge is 0.497 e. The molecule has 0 amide bonds. The van der Waals surface area contributed by atoms with E-state index in [1.165, 1.54) is 35.7 Å². The van der Waals surface area contributed by atoms with E-state index in [9.17, 15) is 16.8 Å². The van der Waals surface area contributed by atoms with Gasteiger partial charge in [-0.05, 0) is 73.0 Å². The van der Waals surface area contributed by atoms with Crippen LogP contribution >= 0.6 is 11.6 Å². The average Bonchev–Trinajstić information content (AvgIpc) is 2.78. The second-order valence-corrected chi connectivity index (χ2v) is 11.2. The molecule has 0 saturated carbocycles. The van der Waals surface area contributed by atoms with Crippen molar-refractivity contribution >= 4 is 43.0 Å². The van der Waals surface area contributed by atoms with Crippen LogP contribution in [0.25, 0.3) is 0 Å². The first-order valence-electron chi connectivity index (χ1n) is 9.79. The van der Waals surface area contributed by atoms with Crippen LogP contribution < -0.4 is 13.8 Å². The van der Waals surface area contributed by atoms with Gasteiger partial charge in [0, 0.05) is 11.6 Å². The number of ether oxygens (including phenoxy) is 1. The molecule has 0 fully saturated rings. The maximum absolute atomic E-state index is 13.3. The average molecular weight is 493 g/mol. The number of rotatable bonds is 6. The smallest absolute Gasteiger partial charge is 0.264 e. The van der Waals surface area contributed by atoms with Crippen LogP contribution in [0.1, 0.15) is 12.0 Å². The van der Waals surface area contributed by atoms with Gasteiger partial charge in [0.05, 0.1) is 28.3 Å². The SMILES string of the molecule is COc1ccc(S(=O)(=O)N2CCCc3ccc(NS(=O)(=O)c4cccc(Cl)c4)cc32)cc1. The zero-order chi connectivity index (χ0) is 22.9. The molecule has 10 heteroatoms. The summed E-state index contributed by atoms with van der Waals surface area (Å²) < 4.78 is 61.2. The van der Waals surface area contributed by atoms with Crippen molar-refractivity contribution in [2.24, 2.45) is 0 Å². The van der Waals surface area contributed by atoms with E-state index >= 15 is 0 Å². The Morgan fingerprint density at radius 2 is 1.69 bits per heavy atom. The lowest BCUT2D eigenvalue weighted by Gasteiger charge is -2.31. The lowest BCUT2D eigenvalue weighted by Crippen LogP contribution is -2.35. The minimum absolute atomic E-state index is 0.0189. The molecule has 0 spiro atoms. The van der Waals surface area contributed by atoms with Gasteiger partial charge in [-0.3, -0.25) is 9.03 Å². The van der Waals surface area contributed by atoms with Crippen molar-refractivity contribution in [1.29, 1.82) is 0 Å². The normalized spacial score (nSPS) is 14.0. The van der Waals surface area contributed by atoms with Crippen LogP contribution in [-0.4, -0.2) is 30.5 Å². The van der Waals surface area contributed by atoms with Crippen molar-refractivity contribution < 1.29 is 21.6 Å². The van der Waals surface area contributed by atoms with Gasteiger partial charge in [0.1, 0.15) is 5.75 Å². The van der Waals surface area contributed by atoms with E-state index < -0.39 is 20.0 Å². The van der Waals surface area contributed by atoms with Gasteiger partial charge in [-0.25, -0.2) is 16.8 Å². The van der Waals surface area contributed by atoms with Crippen LogP contribution in [0.4, 0.5) is 11.4 Å². The Hall–Kier alpha value is -2.75. The van der Waals surface area contributed by atoms with Crippen LogP contribution in [-0.2, 0) is 26.5 Å². The molecule has 0 radical (unpaired) electrons. The van der Waals surface area contributed by atoms with Crippen molar-refractivity contribution in [2.45, 2.75) is 22.6 Å². The molecular weight excluding hydrogens is 472 g/mol. The first kappa shape index (κ1) is 22.4. The molecule has 0 bridgehead atoms. The highest BCUT2D eigenvalue weighted by molar-refractivity contribution is 7.93. The monoisotopic (exact) mass is 492 g/mol. The van der Waals surface area contributed by atoms with Gasteiger partial charge in [0.15, 0.2) is 0 Å². The van der Waals surface area contributed by atoms with E-state index in [2.05, 4.69) is 4.72 Å². The van der Waals surface area contributed by atoms with Crippen LogP contribution in [0, 0.1) is 0 Å². The Kier molecular flexibility index (Phi) is 6.07. The van der Waals surface area contributed by atoms with E-state index in [1.54, 1.807) is 42.5 Å². The number of halogens is 1. The number of hydrogen-bond acceptors (Lipinski definition) is 5. The highest BCUT2D eigenvalue weighted by Crippen LogP contribution is 2.35. The van der Waals surface area contributed by atoms with Crippen molar-refractivity contribution in [2.75, 3.05) is 22.7 Å². The summed E-state index contributed by atoms with van der Waals surface area (Å²) >= 11 is 5.92. The first-order chi connectivity index (χ1) is 15.2. The topological polar surface area (TPSA) is 92.8 Å². The summed E-state index contributed by atoms with van der Waals surface area (Å²) in [6, 6.07) is 17.0. The summed E-state index contributed by atoms with van der Waals surface area (Å²) in [5, 5.41) is 0.301. The summed E-state index contributed by atoms with van der Waals surface area (Å²) in [5.41, 5.74) is 1.55. The van der Waals surface area contributed by atoms with Crippen LogP contribution in [0.15, 0.2) is 76.5 Å². The number of anilines is 2. The van der Waals surface area contributed by atoms with Crippen molar-refractivity contribution in [1.82, 2.24) is 0 Å². The molecule has 3 aromatic rings.